The topological polar surface area (TPSA) is 81.1 Å². The number of hydrogen-bond acceptors (Lipinski definition) is 6. The molecule has 0 saturated heterocycles. The van der Waals surface area contributed by atoms with E-state index in [0.717, 1.165) is 42.4 Å². The van der Waals surface area contributed by atoms with E-state index in [0.29, 0.717) is 42.6 Å². The Morgan fingerprint density at radius 2 is 1.23 bits per heavy atom. The Bertz CT molecular complexity index is 1530. The average Bonchev–Trinajstić information content (AvgIpc) is 3.67. The molecule has 6 rings (SSSR count). The first-order valence-corrected chi connectivity index (χ1v) is 15.8. The van der Waals surface area contributed by atoms with Crippen molar-refractivity contribution in [1.82, 2.24) is 0 Å². The molecular weight excluding hydrogens is 575 g/mol. The first-order valence-electron chi connectivity index (χ1n) is 12.9. The van der Waals surface area contributed by atoms with E-state index in [4.69, 9.17) is 23.2 Å². The molecule has 39 heavy (non-hydrogen) atoms. The number of phenols is 2. The van der Waals surface area contributed by atoms with Gasteiger partial charge in [0.1, 0.15) is 11.5 Å². The summed E-state index contributed by atoms with van der Waals surface area (Å²) in [5.41, 5.74) is 5.62. The monoisotopic (exact) mass is 602 g/mol. The molecule has 2 aromatic heterocycles. The minimum absolute atomic E-state index is 0.0117. The lowest BCUT2D eigenvalue weighted by Crippen LogP contribution is -2.32. The van der Waals surface area contributed by atoms with Crippen molar-refractivity contribution in [3.8, 4) is 11.5 Å². The molecule has 0 aliphatic carbocycles. The predicted molar refractivity (Wildman–Crippen MR) is 162 cm³/mol. The second-order valence-electron chi connectivity index (χ2n) is 10.5. The van der Waals surface area contributed by atoms with Crippen molar-refractivity contribution < 1.29 is 19.8 Å². The number of carbonyl (C=O) groups is 2. The number of carbonyl (C=O) groups excluding carboxylic acids is 2. The second kappa shape index (κ2) is 10.1. The molecule has 204 valence electrons. The van der Waals surface area contributed by atoms with E-state index in [1.807, 2.05) is 24.6 Å². The molecule has 0 bridgehead atoms. The predicted octanol–water partition coefficient (Wildman–Crippen LogP) is 7.35. The first-order chi connectivity index (χ1) is 18.7. The molecule has 2 amide bonds. The highest BCUT2D eigenvalue weighted by atomic mass is 35.5. The van der Waals surface area contributed by atoms with E-state index in [-0.39, 0.29) is 48.0 Å². The number of aryl methyl sites for hydroxylation is 2. The number of amides is 2. The average molecular weight is 604 g/mol. The maximum absolute atomic E-state index is 13.4. The summed E-state index contributed by atoms with van der Waals surface area (Å²) in [4.78, 5) is 30.2. The second-order valence-corrected chi connectivity index (χ2v) is 12.8. The Morgan fingerprint density at radius 3 is 1.62 bits per heavy atom. The summed E-state index contributed by atoms with van der Waals surface area (Å²) >= 11 is 15.6. The molecule has 2 aliphatic rings. The number of aromatic hydroxyl groups is 2. The van der Waals surface area contributed by atoms with Gasteiger partial charge in [-0.3, -0.25) is 9.59 Å². The standard InChI is InChI=1S/C29H28Cl2N2O4S2/c1-14-12-38-28-20(34)6-18-26(24(14)28)16(8-30)10-32(18)22(36)4-3-5-23(37)33-11-17(9-31)27-19(33)7-21(35)29-25(27)15(2)13-39-29/h6-7,12-13,16-17,34-35H,3-5,8-11H2,1-2H3/t16-,17-/m1/s1. The van der Waals surface area contributed by atoms with E-state index >= 15 is 0 Å². The first kappa shape index (κ1) is 26.7. The summed E-state index contributed by atoms with van der Waals surface area (Å²) in [6, 6.07) is 3.35. The highest BCUT2D eigenvalue weighted by molar-refractivity contribution is 7.18. The Kier molecular flexibility index (Phi) is 6.94. The van der Waals surface area contributed by atoms with Crippen LogP contribution >= 0.6 is 45.9 Å². The van der Waals surface area contributed by atoms with E-state index in [1.54, 1.807) is 21.9 Å². The van der Waals surface area contributed by atoms with Crippen LogP contribution < -0.4 is 9.80 Å². The van der Waals surface area contributed by atoms with Crippen molar-refractivity contribution in [2.75, 3.05) is 34.6 Å². The molecule has 2 N–H and O–H groups in total. The molecule has 6 nitrogen and oxygen atoms in total. The van der Waals surface area contributed by atoms with Crippen molar-refractivity contribution in [2.24, 2.45) is 0 Å². The molecule has 10 heteroatoms. The molecule has 2 atom stereocenters. The zero-order valence-electron chi connectivity index (χ0n) is 21.6. The van der Waals surface area contributed by atoms with Gasteiger partial charge < -0.3 is 20.0 Å². The van der Waals surface area contributed by atoms with Gasteiger partial charge in [0.25, 0.3) is 0 Å². The van der Waals surface area contributed by atoms with Crippen LogP contribution in [0, 0.1) is 13.8 Å². The molecule has 4 heterocycles. The number of anilines is 2. The zero-order chi connectivity index (χ0) is 27.6. The maximum Gasteiger partial charge on any atom is 0.227 e. The Hall–Kier alpha value is -2.52. The number of thiophene rings is 2. The fourth-order valence-electron chi connectivity index (χ4n) is 6.21. The van der Waals surface area contributed by atoms with Gasteiger partial charge >= 0.3 is 0 Å². The number of hydrogen-bond donors (Lipinski definition) is 2. The number of fused-ring (bicyclic) bond motifs is 6. The zero-order valence-corrected chi connectivity index (χ0v) is 24.7. The number of nitrogens with zero attached hydrogens (tertiary/aromatic N) is 2. The number of benzene rings is 2. The molecule has 0 radical (unpaired) electrons. The van der Waals surface area contributed by atoms with E-state index < -0.39 is 0 Å². The third-order valence-corrected chi connectivity index (χ3v) is 11.0. The van der Waals surface area contributed by atoms with Crippen LogP contribution in [0.25, 0.3) is 20.2 Å². The number of phenolic OH excluding ortho intramolecular Hbond substituents is 2. The van der Waals surface area contributed by atoms with Gasteiger partial charge in [0.05, 0.1) is 20.8 Å². The molecule has 0 saturated carbocycles. The smallest absolute Gasteiger partial charge is 0.227 e. The summed E-state index contributed by atoms with van der Waals surface area (Å²) in [6.07, 6.45) is 0.800. The number of rotatable bonds is 6. The lowest BCUT2D eigenvalue weighted by Gasteiger charge is -2.20. The fourth-order valence-corrected chi connectivity index (χ4v) is 8.68. The largest absolute Gasteiger partial charge is 0.506 e. The maximum atomic E-state index is 13.4. The lowest BCUT2D eigenvalue weighted by atomic mass is 9.97. The van der Waals surface area contributed by atoms with Gasteiger partial charge in [-0.15, -0.1) is 45.9 Å². The SMILES string of the molecule is Cc1csc2c(O)cc3c(c12)[C@H](CCl)CN3C(=O)CCCC(=O)N1C[C@@H](CCl)c2c1cc(O)c1scc(C)c21. The van der Waals surface area contributed by atoms with E-state index in [9.17, 15) is 19.8 Å². The third-order valence-electron chi connectivity index (χ3n) is 8.01. The van der Waals surface area contributed by atoms with E-state index in [2.05, 4.69) is 0 Å². The third kappa shape index (κ3) is 4.19. The summed E-state index contributed by atoms with van der Waals surface area (Å²) in [5.74, 6) is 0.905. The minimum Gasteiger partial charge on any atom is -0.506 e. The van der Waals surface area contributed by atoms with Crippen LogP contribution in [0.5, 0.6) is 11.5 Å². The van der Waals surface area contributed by atoms with Gasteiger partial charge in [0, 0.05) is 72.4 Å². The van der Waals surface area contributed by atoms with Gasteiger partial charge in [0.15, 0.2) is 0 Å². The van der Waals surface area contributed by atoms with Crippen LogP contribution in [0.3, 0.4) is 0 Å². The highest BCUT2D eigenvalue weighted by Crippen LogP contribution is 2.50. The van der Waals surface area contributed by atoms with Crippen LogP contribution in [-0.4, -0.2) is 46.9 Å². The molecule has 0 spiro atoms. The van der Waals surface area contributed by atoms with Gasteiger partial charge in [-0.2, -0.15) is 0 Å². The quantitative estimate of drug-likeness (QED) is 0.226. The molecular formula is C29H28Cl2N2O4S2. The van der Waals surface area contributed by atoms with Crippen molar-refractivity contribution >= 4 is 89.2 Å². The summed E-state index contributed by atoms with van der Waals surface area (Å²) < 4.78 is 1.65. The number of alkyl halides is 2. The van der Waals surface area contributed by atoms with Gasteiger partial charge in [-0.1, -0.05) is 0 Å². The minimum atomic E-state index is -0.0861. The Morgan fingerprint density at radius 1 is 0.821 bits per heavy atom. The molecule has 2 aromatic carbocycles. The lowest BCUT2D eigenvalue weighted by molar-refractivity contribution is -0.119. The van der Waals surface area contributed by atoms with Crippen LogP contribution in [0.1, 0.15) is 53.4 Å². The van der Waals surface area contributed by atoms with Crippen molar-refractivity contribution in [3.63, 3.8) is 0 Å². The highest BCUT2D eigenvalue weighted by Gasteiger charge is 2.37. The number of halogens is 2. The Balaban J connectivity index is 1.19. The van der Waals surface area contributed by atoms with Crippen molar-refractivity contribution in [3.05, 3.63) is 45.1 Å². The summed E-state index contributed by atoms with van der Waals surface area (Å²) in [5, 5.41) is 27.3. The van der Waals surface area contributed by atoms with Gasteiger partial charge in [-0.05, 0) is 53.3 Å². The summed E-state index contributed by atoms with van der Waals surface area (Å²) in [7, 11) is 0. The molecule has 2 aliphatic heterocycles. The van der Waals surface area contributed by atoms with Crippen LogP contribution in [0.15, 0.2) is 22.9 Å². The summed E-state index contributed by atoms with van der Waals surface area (Å²) in [6.45, 7) is 4.95. The van der Waals surface area contributed by atoms with Crippen LogP contribution in [-0.2, 0) is 9.59 Å². The van der Waals surface area contributed by atoms with Crippen LogP contribution in [0.4, 0.5) is 11.4 Å². The Labute approximate surface area is 244 Å². The van der Waals surface area contributed by atoms with Crippen LogP contribution in [0.2, 0.25) is 0 Å². The fraction of sp³-hybridized carbons (Fsp3) is 0.379. The molecule has 4 aromatic rings. The van der Waals surface area contributed by atoms with E-state index in [1.165, 1.54) is 22.7 Å². The normalized spacial score (nSPS) is 18.4. The van der Waals surface area contributed by atoms with Gasteiger partial charge in [0.2, 0.25) is 11.8 Å². The molecule has 0 unspecified atom stereocenters. The van der Waals surface area contributed by atoms with Gasteiger partial charge in [-0.25, -0.2) is 0 Å². The van der Waals surface area contributed by atoms with Crippen molar-refractivity contribution in [2.45, 2.75) is 44.9 Å². The molecule has 0 fully saturated rings. The van der Waals surface area contributed by atoms with Crippen molar-refractivity contribution in [1.29, 1.82) is 0 Å².